The van der Waals surface area contributed by atoms with Crippen LogP contribution in [-0.4, -0.2) is 38.4 Å². The van der Waals surface area contributed by atoms with E-state index < -0.39 is 0 Å². The van der Waals surface area contributed by atoms with Crippen LogP contribution in [0, 0.1) is 0 Å². The van der Waals surface area contributed by atoms with E-state index in [-0.39, 0.29) is 5.91 Å². The van der Waals surface area contributed by atoms with E-state index in [2.05, 4.69) is 32.7 Å². The van der Waals surface area contributed by atoms with Crippen molar-refractivity contribution in [3.05, 3.63) is 77.3 Å². The van der Waals surface area contributed by atoms with Gasteiger partial charge in [0, 0.05) is 30.2 Å². The van der Waals surface area contributed by atoms with Crippen LogP contribution in [0.2, 0.25) is 0 Å². The Hall–Kier alpha value is -2.38. The number of rotatable bonds is 8. The molecule has 0 atom stereocenters. The van der Waals surface area contributed by atoms with Gasteiger partial charge in [0.15, 0.2) is 11.0 Å². The molecule has 0 fully saturated rings. The molecule has 28 heavy (non-hydrogen) atoms. The lowest BCUT2D eigenvalue weighted by Gasteiger charge is -2.18. The lowest BCUT2D eigenvalue weighted by molar-refractivity contribution is -0.127. The summed E-state index contributed by atoms with van der Waals surface area (Å²) in [5.41, 5.74) is 2.06. The van der Waals surface area contributed by atoms with Gasteiger partial charge in [-0.15, -0.1) is 16.8 Å². The number of hydrogen-bond donors (Lipinski definition) is 0. The van der Waals surface area contributed by atoms with E-state index in [0.29, 0.717) is 24.0 Å². The maximum Gasteiger partial charge on any atom is 0.233 e. The minimum Gasteiger partial charge on any atom is -0.341 e. The fourth-order valence-electron chi connectivity index (χ4n) is 2.70. The summed E-state index contributed by atoms with van der Waals surface area (Å²) in [6.07, 6.45) is 1.81. The van der Waals surface area contributed by atoms with E-state index in [9.17, 15) is 4.79 Å². The van der Waals surface area contributed by atoms with Crippen LogP contribution in [0.25, 0.3) is 11.4 Å². The Morgan fingerprint density at radius 3 is 2.61 bits per heavy atom. The molecule has 0 N–H and O–H groups in total. The number of allylic oxidation sites excluding steroid dienone is 1. The van der Waals surface area contributed by atoms with Gasteiger partial charge in [0.05, 0.1) is 5.75 Å². The molecule has 0 unspecified atom stereocenters. The van der Waals surface area contributed by atoms with Gasteiger partial charge < -0.3 is 4.90 Å². The Balaban J connectivity index is 1.68. The zero-order valence-electron chi connectivity index (χ0n) is 15.6. The highest BCUT2D eigenvalue weighted by Crippen LogP contribution is 2.24. The summed E-state index contributed by atoms with van der Waals surface area (Å²) in [6, 6.07) is 17.8. The minimum atomic E-state index is 0.0372. The van der Waals surface area contributed by atoms with Crippen LogP contribution < -0.4 is 0 Å². The van der Waals surface area contributed by atoms with Crippen molar-refractivity contribution in [1.29, 1.82) is 0 Å². The molecule has 7 heteroatoms. The van der Waals surface area contributed by atoms with Gasteiger partial charge in [0.1, 0.15) is 0 Å². The zero-order valence-corrected chi connectivity index (χ0v) is 18.0. The third-order valence-electron chi connectivity index (χ3n) is 4.18. The number of carbonyl (C=O) groups excluding carboxylic acids is 1. The maximum absolute atomic E-state index is 12.6. The van der Waals surface area contributed by atoms with Crippen LogP contribution >= 0.6 is 27.7 Å². The lowest BCUT2D eigenvalue weighted by Crippen LogP contribution is -2.28. The summed E-state index contributed by atoms with van der Waals surface area (Å²) in [5.74, 6) is 1.11. The van der Waals surface area contributed by atoms with Gasteiger partial charge in [-0.25, -0.2) is 0 Å². The van der Waals surface area contributed by atoms with E-state index in [1.54, 1.807) is 11.0 Å². The fraction of sp³-hybridized carbons (Fsp3) is 0.190. The second-order valence-electron chi connectivity index (χ2n) is 6.20. The molecule has 1 amide bonds. The van der Waals surface area contributed by atoms with Crippen molar-refractivity contribution in [1.82, 2.24) is 19.7 Å². The van der Waals surface area contributed by atoms with Crippen LogP contribution in [-0.2, 0) is 17.9 Å². The molecule has 1 aromatic heterocycles. The van der Waals surface area contributed by atoms with Gasteiger partial charge in [0.25, 0.3) is 0 Å². The van der Waals surface area contributed by atoms with Crippen LogP contribution in [0.4, 0.5) is 0 Å². The topological polar surface area (TPSA) is 51.0 Å². The molecule has 3 aromatic rings. The van der Waals surface area contributed by atoms with E-state index in [0.717, 1.165) is 21.4 Å². The Morgan fingerprint density at radius 1 is 1.18 bits per heavy atom. The molecule has 2 aromatic carbocycles. The largest absolute Gasteiger partial charge is 0.341 e. The Labute approximate surface area is 177 Å². The smallest absolute Gasteiger partial charge is 0.233 e. The third-order valence-corrected chi connectivity index (χ3v) is 5.90. The van der Waals surface area contributed by atoms with Gasteiger partial charge >= 0.3 is 0 Å². The van der Waals surface area contributed by atoms with Crippen molar-refractivity contribution in [3.8, 4) is 11.4 Å². The van der Waals surface area contributed by atoms with Gasteiger partial charge in [0.2, 0.25) is 5.91 Å². The lowest BCUT2D eigenvalue weighted by atomic mass is 10.2. The number of hydrogen-bond acceptors (Lipinski definition) is 4. The Bertz CT molecular complexity index is 958. The van der Waals surface area contributed by atoms with Crippen LogP contribution in [0.1, 0.15) is 5.56 Å². The highest BCUT2D eigenvalue weighted by molar-refractivity contribution is 9.10. The van der Waals surface area contributed by atoms with Crippen LogP contribution in [0.3, 0.4) is 0 Å². The fourth-order valence-corrected chi connectivity index (χ4v) is 4.00. The second kappa shape index (κ2) is 9.71. The Morgan fingerprint density at radius 2 is 1.89 bits per heavy atom. The van der Waals surface area contributed by atoms with Gasteiger partial charge in [-0.1, -0.05) is 82.3 Å². The predicted octanol–water partition coefficient (Wildman–Crippen LogP) is 4.64. The molecule has 0 saturated heterocycles. The van der Waals surface area contributed by atoms with Crippen LogP contribution in [0.15, 0.2) is 76.9 Å². The molecule has 5 nitrogen and oxygen atoms in total. The molecular weight excluding hydrogens is 436 g/mol. The molecular formula is C21H21BrN4OS. The summed E-state index contributed by atoms with van der Waals surface area (Å²) in [6.45, 7) is 4.96. The highest BCUT2D eigenvalue weighted by Gasteiger charge is 2.17. The highest BCUT2D eigenvalue weighted by atomic mass is 79.9. The van der Waals surface area contributed by atoms with E-state index in [1.807, 2.05) is 66.2 Å². The molecule has 0 spiro atoms. The summed E-state index contributed by atoms with van der Waals surface area (Å²) in [4.78, 5) is 14.3. The molecule has 0 aliphatic carbocycles. The number of carbonyl (C=O) groups is 1. The van der Waals surface area contributed by atoms with Gasteiger partial charge in [-0.2, -0.15) is 0 Å². The number of thioether (sulfide) groups is 1. The normalized spacial score (nSPS) is 10.6. The number of benzene rings is 2. The van der Waals surface area contributed by atoms with E-state index in [1.165, 1.54) is 11.8 Å². The summed E-state index contributed by atoms with van der Waals surface area (Å²) in [7, 11) is 1.81. The first kappa shape index (κ1) is 20.4. The third kappa shape index (κ3) is 4.91. The average molecular weight is 457 g/mol. The molecule has 3 rings (SSSR count). The SMILES string of the molecule is C=CCn1c(SCC(=O)N(C)Cc2ccccc2Br)nnc1-c1ccccc1. The van der Waals surface area contributed by atoms with Crippen molar-refractivity contribution in [2.24, 2.45) is 0 Å². The van der Waals surface area contributed by atoms with Gasteiger partial charge in [-0.05, 0) is 11.6 Å². The monoisotopic (exact) mass is 456 g/mol. The number of aromatic nitrogens is 3. The standard InChI is InChI=1S/C21H21BrN4OS/c1-3-13-26-20(16-9-5-4-6-10-16)23-24-21(26)28-15-19(27)25(2)14-17-11-7-8-12-18(17)22/h3-12H,1,13-15H2,2H3. The quantitative estimate of drug-likeness (QED) is 0.365. The molecule has 0 aliphatic heterocycles. The second-order valence-corrected chi connectivity index (χ2v) is 8.00. The van der Waals surface area contributed by atoms with Crippen molar-refractivity contribution in [2.45, 2.75) is 18.2 Å². The molecule has 0 bridgehead atoms. The maximum atomic E-state index is 12.6. The van der Waals surface area contributed by atoms with Crippen molar-refractivity contribution >= 4 is 33.6 Å². The first-order valence-electron chi connectivity index (χ1n) is 8.80. The molecule has 1 heterocycles. The average Bonchev–Trinajstić information content (AvgIpc) is 3.11. The van der Waals surface area contributed by atoms with Crippen molar-refractivity contribution < 1.29 is 4.79 Å². The molecule has 144 valence electrons. The first-order chi connectivity index (χ1) is 13.6. The van der Waals surface area contributed by atoms with E-state index >= 15 is 0 Å². The van der Waals surface area contributed by atoms with Crippen LogP contribution in [0.5, 0.6) is 0 Å². The van der Waals surface area contributed by atoms with Crippen molar-refractivity contribution in [2.75, 3.05) is 12.8 Å². The Kier molecular flexibility index (Phi) is 7.06. The molecule has 0 aliphatic rings. The van der Waals surface area contributed by atoms with E-state index in [4.69, 9.17) is 0 Å². The number of amides is 1. The minimum absolute atomic E-state index is 0.0372. The van der Waals surface area contributed by atoms with Crippen molar-refractivity contribution in [3.63, 3.8) is 0 Å². The molecule has 0 saturated carbocycles. The summed E-state index contributed by atoms with van der Waals surface area (Å²) >= 11 is 4.92. The first-order valence-corrected chi connectivity index (χ1v) is 10.6. The van der Waals surface area contributed by atoms with Gasteiger partial charge in [-0.3, -0.25) is 9.36 Å². The number of halogens is 1. The predicted molar refractivity (Wildman–Crippen MR) is 117 cm³/mol. The zero-order chi connectivity index (χ0) is 19.9. The summed E-state index contributed by atoms with van der Waals surface area (Å²) < 4.78 is 2.98. The molecule has 0 radical (unpaired) electrons. The summed E-state index contributed by atoms with van der Waals surface area (Å²) in [5, 5.41) is 9.32. The number of nitrogens with zero attached hydrogens (tertiary/aromatic N) is 4.